The first-order valence-electron chi connectivity index (χ1n) is 6.07. The minimum Gasteiger partial charge on any atom is -0.351 e. The highest BCUT2D eigenvalue weighted by molar-refractivity contribution is 7.12. The Labute approximate surface area is 101 Å². The number of hydrogen-bond acceptors (Lipinski definition) is 2. The number of carbonyl (C=O) groups excluding carboxylic acids is 1. The van der Waals surface area contributed by atoms with Crippen LogP contribution in [-0.2, 0) is 0 Å². The van der Waals surface area contributed by atoms with E-state index in [0.717, 1.165) is 17.3 Å². The van der Waals surface area contributed by atoms with Crippen LogP contribution in [0.1, 0.15) is 42.3 Å². The van der Waals surface area contributed by atoms with Gasteiger partial charge in [0.25, 0.3) is 5.91 Å². The predicted molar refractivity (Wildman–Crippen MR) is 67.8 cm³/mol. The van der Waals surface area contributed by atoms with E-state index >= 15 is 0 Å². The second-order valence-electron chi connectivity index (χ2n) is 4.81. The van der Waals surface area contributed by atoms with Crippen molar-refractivity contribution in [2.75, 3.05) is 6.54 Å². The average Bonchev–Trinajstić information content (AvgIpc) is 2.81. The van der Waals surface area contributed by atoms with Crippen molar-refractivity contribution in [2.45, 2.75) is 32.6 Å². The van der Waals surface area contributed by atoms with Crippen LogP contribution < -0.4 is 5.32 Å². The largest absolute Gasteiger partial charge is 0.351 e. The molecule has 1 aliphatic carbocycles. The van der Waals surface area contributed by atoms with Gasteiger partial charge in [-0.3, -0.25) is 4.79 Å². The van der Waals surface area contributed by atoms with Crippen LogP contribution in [0.4, 0.5) is 0 Å². The quantitative estimate of drug-likeness (QED) is 0.858. The number of nitrogens with one attached hydrogen (secondary N) is 1. The first-order valence-corrected chi connectivity index (χ1v) is 6.95. The van der Waals surface area contributed by atoms with Crippen LogP contribution in [0.2, 0.25) is 0 Å². The van der Waals surface area contributed by atoms with Crippen LogP contribution in [-0.4, -0.2) is 12.5 Å². The number of carbonyl (C=O) groups is 1. The van der Waals surface area contributed by atoms with Gasteiger partial charge in [-0.15, -0.1) is 11.3 Å². The maximum atomic E-state index is 11.7. The second-order valence-corrected chi connectivity index (χ2v) is 5.76. The molecule has 0 atom stereocenters. The van der Waals surface area contributed by atoms with Crippen molar-refractivity contribution in [1.82, 2.24) is 5.32 Å². The topological polar surface area (TPSA) is 29.1 Å². The zero-order valence-electron chi connectivity index (χ0n) is 9.74. The Hall–Kier alpha value is -0.830. The lowest BCUT2D eigenvalue weighted by Crippen LogP contribution is -2.30. The first kappa shape index (κ1) is 11.6. The van der Waals surface area contributed by atoms with Gasteiger partial charge < -0.3 is 5.32 Å². The summed E-state index contributed by atoms with van der Waals surface area (Å²) in [4.78, 5) is 12.5. The van der Waals surface area contributed by atoms with Crippen molar-refractivity contribution in [2.24, 2.45) is 11.8 Å². The van der Waals surface area contributed by atoms with Gasteiger partial charge in [0.15, 0.2) is 0 Å². The highest BCUT2D eigenvalue weighted by Gasteiger charge is 2.18. The Bertz CT molecular complexity index is 326. The van der Waals surface area contributed by atoms with E-state index < -0.39 is 0 Å². The Morgan fingerprint density at radius 3 is 2.81 bits per heavy atom. The third kappa shape index (κ3) is 3.08. The number of thiophene rings is 1. The van der Waals surface area contributed by atoms with Gasteiger partial charge in [0.1, 0.15) is 0 Å². The van der Waals surface area contributed by atoms with E-state index in [9.17, 15) is 4.79 Å². The highest BCUT2D eigenvalue weighted by atomic mass is 32.1. The van der Waals surface area contributed by atoms with Crippen LogP contribution in [0.15, 0.2) is 17.5 Å². The maximum absolute atomic E-state index is 11.7. The number of rotatable bonds is 3. The molecule has 2 rings (SSSR count). The average molecular weight is 237 g/mol. The summed E-state index contributed by atoms with van der Waals surface area (Å²) >= 11 is 1.51. The van der Waals surface area contributed by atoms with E-state index in [-0.39, 0.29) is 5.91 Å². The third-order valence-corrected chi connectivity index (χ3v) is 4.30. The summed E-state index contributed by atoms with van der Waals surface area (Å²) in [6, 6.07) is 3.80. The molecule has 1 aliphatic rings. The smallest absolute Gasteiger partial charge is 0.261 e. The third-order valence-electron chi connectivity index (χ3n) is 3.43. The highest BCUT2D eigenvalue weighted by Crippen LogP contribution is 2.27. The molecule has 0 aliphatic heterocycles. The SMILES string of the molecule is CC1CCC(CNC(=O)c2cccs2)CC1. The van der Waals surface area contributed by atoms with E-state index in [1.165, 1.54) is 37.0 Å². The van der Waals surface area contributed by atoms with E-state index in [0.29, 0.717) is 5.92 Å². The molecule has 0 radical (unpaired) electrons. The molecule has 0 bridgehead atoms. The van der Waals surface area contributed by atoms with E-state index in [4.69, 9.17) is 0 Å². The zero-order valence-corrected chi connectivity index (χ0v) is 10.6. The molecule has 0 spiro atoms. The molecular formula is C13H19NOS. The molecule has 0 unspecified atom stereocenters. The van der Waals surface area contributed by atoms with Gasteiger partial charge in [-0.25, -0.2) is 0 Å². The lowest BCUT2D eigenvalue weighted by molar-refractivity contribution is 0.0946. The minimum atomic E-state index is 0.0913. The molecule has 2 nitrogen and oxygen atoms in total. The van der Waals surface area contributed by atoms with Crippen LogP contribution >= 0.6 is 11.3 Å². The van der Waals surface area contributed by atoms with Crippen molar-refractivity contribution >= 4 is 17.2 Å². The molecule has 1 saturated carbocycles. The molecule has 1 amide bonds. The molecule has 1 N–H and O–H groups in total. The zero-order chi connectivity index (χ0) is 11.4. The Kier molecular flexibility index (Phi) is 3.99. The van der Waals surface area contributed by atoms with Crippen molar-refractivity contribution in [3.8, 4) is 0 Å². The number of hydrogen-bond donors (Lipinski definition) is 1. The van der Waals surface area contributed by atoms with Gasteiger partial charge in [0, 0.05) is 6.54 Å². The van der Waals surface area contributed by atoms with Gasteiger partial charge in [-0.05, 0) is 36.1 Å². The van der Waals surface area contributed by atoms with Crippen molar-refractivity contribution in [1.29, 1.82) is 0 Å². The Morgan fingerprint density at radius 1 is 1.44 bits per heavy atom. The monoisotopic (exact) mass is 237 g/mol. The molecule has 1 aromatic rings. The summed E-state index contributed by atoms with van der Waals surface area (Å²) < 4.78 is 0. The minimum absolute atomic E-state index is 0.0913. The lowest BCUT2D eigenvalue weighted by Gasteiger charge is -2.26. The Balaban J connectivity index is 1.73. The van der Waals surface area contributed by atoms with Crippen LogP contribution in [0.3, 0.4) is 0 Å². The van der Waals surface area contributed by atoms with Crippen molar-refractivity contribution in [3.63, 3.8) is 0 Å². The van der Waals surface area contributed by atoms with Gasteiger partial charge >= 0.3 is 0 Å². The van der Waals surface area contributed by atoms with E-state index in [1.54, 1.807) is 0 Å². The summed E-state index contributed by atoms with van der Waals surface area (Å²) in [5, 5.41) is 4.98. The van der Waals surface area contributed by atoms with Gasteiger partial charge in [0.05, 0.1) is 4.88 Å². The summed E-state index contributed by atoms with van der Waals surface area (Å²) in [6.07, 6.45) is 5.18. The second kappa shape index (κ2) is 5.48. The lowest BCUT2D eigenvalue weighted by atomic mass is 9.83. The van der Waals surface area contributed by atoms with Gasteiger partial charge in [-0.1, -0.05) is 25.8 Å². The maximum Gasteiger partial charge on any atom is 0.261 e. The van der Waals surface area contributed by atoms with Crippen LogP contribution in [0.25, 0.3) is 0 Å². The van der Waals surface area contributed by atoms with Crippen LogP contribution in [0.5, 0.6) is 0 Å². The molecule has 16 heavy (non-hydrogen) atoms. The molecule has 3 heteroatoms. The standard InChI is InChI=1S/C13H19NOS/c1-10-4-6-11(7-5-10)9-14-13(15)12-3-2-8-16-12/h2-3,8,10-11H,4-7,9H2,1H3,(H,14,15). The molecular weight excluding hydrogens is 218 g/mol. The summed E-state index contributed by atoms with van der Waals surface area (Å²) in [5.74, 6) is 1.66. The molecule has 0 saturated heterocycles. The molecule has 1 fully saturated rings. The fourth-order valence-electron chi connectivity index (χ4n) is 2.27. The molecule has 1 aromatic heterocycles. The first-order chi connectivity index (χ1) is 7.75. The van der Waals surface area contributed by atoms with Gasteiger partial charge in [-0.2, -0.15) is 0 Å². The predicted octanol–water partition coefficient (Wildman–Crippen LogP) is 3.30. The Morgan fingerprint density at radius 2 is 2.19 bits per heavy atom. The van der Waals surface area contributed by atoms with Crippen molar-refractivity contribution in [3.05, 3.63) is 22.4 Å². The molecule has 0 aromatic carbocycles. The fourth-order valence-corrected chi connectivity index (χ4v) is 2.91. The summed E-state index contributed by atoms with van der Waals surface area (Å²) in [5.41, 5.74) is 0. The summed E-state index contributed by atoms with van der Waals surface area (Å²) in [6.45, 7) is 3.17. The van der Waals surface area contributed by atoms with Crippen molar-refractivity contribution < 1.29 is 4.79 Å². The normalized spacial score (nSPS) is 25.3. The molecule has 88 valence electrons. The van der Waals surface area contributed by atoms with Crippen LogP contribution in [0, 0.1) is 11.8 Å². The van der Waals surface area contributed by atoms with Gasteiger partial charge in [0.2, 0.25) is 0 Å². The summed E-state index contributed by atoms with van der Waals surface area (Å²) in [7, 11) is 0. The number of amides is 1. The van der Waals surface area contributed by atoms with E-state index in [1.807, 2.05) is 17.5 Å². The van der Waals surface area contributed by atoms with E-state index in [2.05, 4.69) is 12.2 Å². The molecule has 1 heterocycles. The fraction of sp³-hybridized carbons (Fsp3) is 0.615.